The number of ether oxygens (including phenoxy) is 2. The topological polar surface area (TPSA) is 95.1 Å². The molecule has 1 aliphatic rings. The smallest absolute Gasteiger partial charge is 0.259 e. The predicted molar refractivity (Wildman–Crippen MR) is 260 cm³/mol. The van der Waals surface area contributed by atoms with Crippen LogP contribution in [0.15, 0.2) is 206 Å². The third kappa shape index (κ3) is 9.70. The van der Waals surface area contributed by atoms with Crippen LogP contribution in [0.25, 0.3) is 11.1 Å². The molecule has 2 N–H and O–H groups in total. The fourth-order valence-electron chi connectivity index (χ4n) is 7.34. The molecule has 0 radical (unpaired) electrons. The van der Waals surface area contributed by atoms with E-state index in [9.17, 15) is 9.59 Å². The molecule has 1 aliphatic heterocycles. The normalized spacial score (nSPS) is 12.2. The molecule has 8 aromatic carbocycles. The molecule has 0 unspecified atom stereocenters. The molecule has 9 rings (SSSR count). The van der Waals surface area contributed by atoms with Crippen molar-refractivity contribution in [3.63, 3.8) is 0 Å². The Balaban J connectivity index is 1.34. The summed E-state index contributed by atoms with van der Waals surface area (Å²) in [5, 5.41) is 9.92. The average Bonchev–Trinajstić information content (AvgIpc) is 3.35. The summed E-state index contributed by atoms with van der Waals surface area (Å²) in [4.78, 5) is 29.7. The summed E-state index contributed by atoms with van der Waals surface area (Å²) in [7, 11) is -3.21. The van der Waals surface area contributed by atoms with Crippen LogP contribution in [0.5, 0.6) is 23.0 Å². The molecule has 0 spiro atoms. The number of hydrogen-bond donors (Lipinski definition) is 2. The van der Waals surface area contributed by atoms with Crippen LogP contribution in [0, 0.1) is 0 Å². The number of amides is 2. The fourth-order valence-corrected chi connectivity index (χ4v) is 10.9. The van der Waals surface area contributed by atoms with Gasteiger partial charge in [-0.05, 0) is 61.4 Å². The first kappa shape index (κ1) is 42.1. The van der Waals surface area contributed by atoms with Gasteiger partial charge in [-0.25, -0.2) is 0 Å². The molecule has 8 aromatic rings. The summed E-state index contributed by atoms with van der Waals surface area (Å²) in [5.74, 6) is 0.618. The van der Waals surface area contributed by atoms with Crippen LogP contribution in [0.3, 0.4) is 0 Å². The number of carbonyl (C=O) groups is 2. The Bertz CT molecular complexity index is 2540. The molecule has 0 aliphatic carbocycles. The van der Waals surface area contributed by atoms with E-state index < -0.39 is 28.1 Å². The van der Waals surface area contributed by atoms with Crippen molar-refractivity contribution in [2.45, 2.75) is 12.8 Å². The Morgan fingerprint density at radius 2 is 0.688 bits per heavy atom. The van der Waals surface area contributed by atoms with Gasteiger partial charge in [0.25, 0.3) is 11.8 Å². The third-order valence-corrected chi connectivity index (χ3v) is 14.2. The van der Waals surface area contributed by atoms with E-state index in [1.54, 1.807) is 24.3 Å². The monoisotopic (exact) mass is 878 g/mol. The number of anilines is 2. The van der Waals surface area contributed by atoms with E-state index in [4.69, 9.17) is 18.5 Å². The molecule has 0 fully saturated rings. The SMILES string of the molecule is O=C(Nc1ccccc1)c1ccc2c(c1OP(c1ccccc1)c1ccccc1)-c1c(ccc(C(=O)Nc3ccccc3)c1OP(c1ccccc1)c1ccccc1)OCCCCO2. The third-order valence-electron chi connectivity index (χ3n) is 10.4. The van der Waals surface area contributed by atoms with Crippen LogP contribution in [-0.2, 0) is 0 Å². The zero-order valence-electron chi connectivity index (χ0n) is 34.8. The van der Waals surface area contributed by atoms with E-state index in [-0.39, 0.29) is 22.6 Å². The van der Waals surface area contributed by atoms with Crippen LogP contribution >= 0.6 is 16.3 Å². The lowest BCUT2D eigenvalue weighted by Crippen LogP contribution is -2.20. The predicted octanol–water partition coefficient (Wildman–Crippen LogP) is 11.3. The summed E-state index contributed by atoms with van der Waals surface area (Å²) >= 11 is 0. The Hall–Kier alpha value is -7.24. The van der Waals surface area contributed by atoms with Crippen molar-refractivity contribution in [3.8, 4) is 34.1 Å². The lowest BCUT2D eigenvalue weighted by atomic mass is 9.95. The molecule has 1 heterocycles. The van der Waals surface area contributed by atoms with Gasteiger partial charge in [0.1, 0.15) is 23.0 Å². The quantitative estimate of drug-likeness (QED) is 0.119. The van der Waals surface area contributed by atoms with E-state index in [1.807, 2.05) is 182 Å². The van der Waals surface area contributed by atoms with Crippen molar-refractivity contribution in [1.29, 1.82) is 0 Å². The first-order valence-electron chi connectivity index (χ1n) is 21.1. The molecular weight excluding hydrogens is 835 g/mol. The minimum atomic E-state index is -1.60. The average molecular weight is 879 g/mol. The largest absolute Gasteiger partial charge is 0.493 e. The second-order valence-electron chi connectivity index (χ2n) is 14.8. The van der Waals surface area contributed by atoms with Crippen LogP contribution in [0.1, 0.15) is 33.6 Å². The zero-order valence-corrected chi connectivity index (χ0v) is 36.6. The van der Waals surface area contributed by atoms with E-state index in [1.165, 1.54) is 0 Å². The van der Waals surface area contributed by atoms with Gasteiger partial charge in [0.2, 0.25) is 0 Å². The molecule has 0 atom stereocenters. The minimum Gasteiger partial charge on any atom is -0.493 e. The first-order chi connectivity index (χ1) is 31.6. The van der Waals surface area contributed by atoms with Crippen molar-refractivity contribution in [2.24, 2.45) is 0 Å². The molecule has 2 amide bonds. The van der Waals surface area contributed by atoms with Crippen molar-refractivity contribution in [1.82, 2.24) is 0 Å². The molecule has 0 aromatic heterocycles. The summed E-state index contributed by atoms with van der Waals surface area (Å²) in [6, 6.07) is 65.7. The Morgan fingerprint density at radius 3 is 1.00 bits per heavy atom. The van der Waals surface area contributed by atoms with Crippen LogP contribution < -0.4 is 50.4 Å². The standard InChI is InChI=1S/C54H44N2O6P2/c57-53(55-39-21-7-1-8-22-39)45-33-35-47-49(51(45)61-63(41-25-11-3-12-26-41)42-27-13-4-14-28-42)50-48(60-38-20-19-37-59-47)36-34-46(54(58)56-40-23-9-2-10-24-40)52(50)62-64(43-29-15-5-16-30-43)44-31-17-6-18-32-44/h1-18,21-36H,19-20,37-38H2,(H,55,57)(H,56,58). The van der Waals surface area contributed by atoms with Crippen LogP contribution in [-0.4, -0.2) is 25.0 Å². The van der Waals surface area contributed by atoms with Crippen molar-refractivity contribution in [2.75, 3.05) is 23.8 Å². The molecule has 0 saturated carbocycles. The molecular formula is C54H44N2O6P2. The lowest BCUT2D eigenvalue weighted by Gasteiger charge is -2.29. The summed E-state index contributed by atoms with van der Waals surface area (Å²) in [6.45, 7) is 0.746. The molecule has 0 bridgehead atoms. The molecule has 64 heavy (non-hydrogen) atoms. The fraction of sp³-hybridized carbons (Fsp3) is 0.0741. The summed E-state index contributed by atoms with van der Waals surface area (Å²) in [5.41, 5.74) is 2.60. The summed E-state index contributed by atoms with van der Waals surface area (Å²) in [6.07, 6.45) is 1.44. The van der Waals surface area contributed by atoms with Crippen LogP contribution in [0.2, 0.25) is 0 Å². The van der Waals surface area contributed by atoms with Gasteiger partial charge < -0.3 is 29.2 Å². The van der Waals surface area contributed by atoms with Crippen molar-refractivity contribution in [3.05, 3.63) is 217 Å². The number of hydrogen-bond acceptors (Lipinski definition) is 6. The van der Waals surface area contributed by atoms with Gasteiger partial charge in [-0.1, -0.05) is 158 Å². The minimum absolute atomic E-state index is 0.254. The van der Waals surface area contributed by atoms with Gasteiger partial charge in [0.05, 0.1) is 35.5 Å². The Labute approximate surface area is 375 Å². The Kier molecular flexibility index (Phi) is 13.3. The Morgan fingerprint density at radius 1 is 0.391 bits per heavy atom. The molecule has 10 heteroatoms. The first-order valence-corrected chi connectivity index (χ1v) is 23.6. The number of rotatable bonds is 12. The highest BCUT2D eigenvalue weighted by Crippen LogP contribution is 2.55. The summed E-state index contributed by atoms with van der Waals surface area (Å²) < 4.78 is 28.3. The maximum atomic E-state index is 14.8. The van der Waals surface area contributed by atoms with Gasteiger partial charge in [-0.15, -0.1) is 0 Å². The molecule has 0 saturated heterocycles. The molecule has 8 nitrogen and oxygen atoms in total. The van der Waals surface area contributed by atoms with E-state index in [0.29, 0.717) is 47.2 Å². The number of nitrogens with one attached hydrogen (secondary N) is 2. The van der Waals surface area contributed by atoms with Crippen molar-refractivity contribution >= 4 is 60.7 Å². The number of para-hydroxylation sites is 2. The second-order valence-corrected chi connectivity index (χ2v) is 18.4. The van der Waals surface area contributed by atoms with E-state index in [2.05, 4.69) is 10.6 Å². The van der Waals surface area contributed by atoms with E-state index in [0.717, 1.165) is 34.1 Å². The second kappa shape index (κ2) is 20.3. The van der Waals surface area contributed by atoms with E-state index >= 15 is 0 Å². The number of carbonyl (C=O) groups excluding carboxylic acids is 2. The van der Waals surface area contributed by atoms with Gasteiger partial charge in [0.15, 0.2) is 16.3 Å². The number of benzene rings is 8. The number of fused-ring (bicyclic) bond motifs is 3. The highest BCUT2D eigenvalue weighted by molar-refractivity contribution is 7.69. The lowest BCUT2D eigenvalue weighted by molar-refractivity contribution is 0.101. The zero-order chi connectivity index (χ0) is 43.5. The maximum absolute atomic E-state index is 14.8. The van der Waals surface area contributed by atoms with Gasteiger partial charge >= 0.3 is 0 Å². The van der Waals surface area contributed by atoms with Crippen LogP contribution in [0.4, 0.5) is 11.4 Å². The maximum Gasteiger partial charge on any atom is 0.259 e. The highest BCUT2D eigenvalue weighted by atomic mass is 31.1. The van der Waals surface area contributed by atoms with Gasteiger partial charge in [0, 0.05) is 32.6 Å². The van der Waals surface area contributed by atoms with Gasteiger partial charge in [-0.3, -0.25) is 9.59 Å². The molecule has 316 valence electrons. The van der Waals surface area contributed by atoms with Crippen molar-refractivity contribution < 1.29 is 28.1 Å². The highest BCUT2D eigenvalue weighted by Gasteiger charge is 2.34. The van der Waals surface area contributed by atoms with Gasteiger partial charge in [-0.2, -0.15) is 0 Å².